The zero-order chi connectivity index (χ0) is 22.6. The van der Waals surface area contributed by atoms with Gasteiger partial charge < -0.3 is 0 Å². The highest BCUT2D eigenvalue weighted by molar-refractivity contribution is 7.92. The maximum Gasteiger partial charge on any atom is 0.264 e. The molecule has 0 unspecified atom stereocenters. The fraction of sp³-hybridized carbons (Fsp3) is 0.217. The molecule has 0 aliphatic heterocycles. The Morgan fingerprint density at radius 2 is 1.71 bits per heavy atom. The molecule has 0 saturated carbocycles. The number of thiophene rings is 1. The third kappa shape index (κ3) is 5.39. The van der Waals surface area contributed by atoms with E-state index in [1.165, 1.54) is 11.3 Å². The van der Waals surface area contributed by atoms with Gasteiger partial charge in [-0.1, -0.05) is 41.5 Å². The molecule has 3 aromatic rings. The standard InChI is InChI=1S/C23H25N3O3S2/c1-16-7-10-20(11-8-16)31(28,29)26(21-12-9-17(2)14-18(21)3)15-23(27)25-24-19(4)22-6-5-13-30-22/h5-14H,15H2,1-4H3,(H,25,27). The molecule has 1 aromatic heterocycles. The Balaban J connectivity index is 1.93. The maximum atomic E-state index is 13.5. The third-order valence-electron chi connectivity index (χ3n) is 4.74. The van der Waals surface area contributed by atoms with Crippen molar-refractivity contribution in [2.45, 2.75) is 32.6 Å². The number of carbonyl (C=O) groups is 1. The predicted molar refractivity (Wildman–Crippen MR) is 126 cm³/mol. The summed E-state index contributed by atoms with van der Waals surface area (Å²) >= 11 is 1.51. The molecule has 0 spiro atoms. The smallest absolute Gasteiger partial charge is 0.264 e. The van der Waals surface area contributed by atoms with Gasteiger partial charge in [-0.15, -0.1) is 11.3 Å². The van der Waals surface area contributed by atoms with Crippen molar-refractivity contribution in [3.63, 3.8) is 0 Å². The van der Waals surface area contributed by atoms with E-state index in [1.807, 2.05) is 50.4 Å². The van der Waals surface area contributed by atoms with Gasteiger partial charge in [-0.2, -0.15) is 5.10 Å². The molecule has 162 valence electrons. The van der Waals surface area contributed by atoms with Gasteiger partial charge >= 0.3 is 0 Å². The molecule has 6 nitrogen and oxygen atoms in total. The highest BCUT2D eigenvalue weighted by Crippen LogP contribution is 2.27. The SMILES string of the molecule is CC(=NNC(=O)CN(c1ccc(C)cc1C)S(=O)(=O)c1ccc(C)cc1)c1cccs1. The first-order chi connectivity index (χ1) is 14.7. The predicted octanol–water partition coefficient (Wildman–Crippen LogP) is 4.41. The van der Waals surface area contributed by atoms with E-state index in [9.17, 15) is 13.2 Å². The van der Waals surface area contributed by atoms with Crippen molar-refractivity contribution in [3.05, 3.63) is 81.5 Å². The van der Waals surface area contributed by atoms with E-state index in [1.54, 1.807) is 37.3 Å². The highest BCUT2D eigenvalue weighted by Gasteiger charge is 2.28. The first-order valence-electron chi connectivity index (χ1n) is 9.72. The monoisotopic (exact) mass is 455 g/mol. The van der Waals surface area contributed by atoms with E-state index < -0.39 is 15.9 Å². The first-order valence-corrected chi connectivity index (χ1v) is 12.0. The van der Waals surface area contributed by atoms with Crippen LogP contribution in [0, 0.1) is 20.8 Å². The molecule has 0 radical (unpaired) electrons. The largest absolute Gasteiger partial charge is 0.271 e. The number of nitrogens with zero attached hydrogens (tertiary/aromatic N) is 2. The quantitative estimate of drug-likeness (QED) is 0.423. The number of hydrazone groups is 1. The van der Waals surface area contributed by atoms with Crippen LogP contribution in [-0.2, 0) is 14.8 Å². The first kappa shape index (κ1) is 22.7. The second-order valence-corrected chi connectivity index (χ2v) is 10.1. The van der Waals surface area contributed by atoms with Crippen LogP contribution in [-0.4, -0.2) is 26.6 Å². The number of anilines is 1. The molecule has 0 atom stereocenters. The summed E-state index contributed by atoms with van der Waals surface area (Å²) in [4.78, 5) is 13.7. The molecule has 8 heteroatoms. The number of nitrogens with one attached hydrogen (secondary N) is 1. The van der Waals surface area contributed by atoms with Crippen LogP contribution in [0.25, 0.3) is 0 Å². The summed E-state index contributed by atoms with van der Waals surface area (Å²) < 4.78 is 28.0. The minimum Gasteiger partial charge on any atom is -0.271 e. The second-order valence-electron chi connectivity index (χ2n) is 7.32. The molecule has 2 aromatic carbocycles. The molecule has 0 aliphatic rings. The Morgan fingerprint density at radius 3 is 2.32 bits per heavy atom. The van der Waals surface area contributed by atoms with Crippen LogP contribution in [0.3, 0.4) is 0 Å². The Morgan fingerprint density at radius 1 is 1.03 bits per heavy atom. The van der Waals surface area contributed by atoms with Gasteiger partial charge in [0.15, 0.2) is 0 Å². The average Bonchev–Trinajstić information content (AvgIpc) is 3.26. The molecular weight excluding hydrogens is 430 g/mol. The van der Waals surface area contributed by atoms with Gasteiger partial charge in [0.1, 0.15) is 6.54 Å². The fourth-order valence-corrected chi connectivity index (χ4v) is 5.24. The number of hydrogen-bond acceptors (Lipinski definition) is 5. The molecule has 1 amide bonds. The van der Waals surface area contributed by atoms with E-state index >= 15 is 0 Å². The van der Waals surface area contributed by atoms with Gasteiger partial charge in [0.05, 0.1) is 16.3 Å². The van der Waals surface area contributed by atoms with Crippen LogP contribution in [0.15, 0.2) is 70.0 Å². The van der Waals surface area contributed by atoms with Crippen molar-refractivity contribution < 1.29 is 13.2 Å². The van der Waals surface area contributed by atoms with Crippen molar-refractivity contribution >= 4 is 38.7 Å². The molecule has 0 aliphatic carbocycles. The summed E-state index contributed by atoms with van der Waals surface area (Å²) in [5.41, 5.74) is 6.32. The van der Waals surface area contributed by atoms with Gasteiger partial charge in [0.2, 0.25) is 0 Å². The Kier molecular flexibility index (Phi) is 6.92. The van der Waals surface area contributed by atoms with Crippen LogP contribution in [0.5, 0.6) is 0 Å². The highest BCUT2D eigenvalue weighted by atomic mass is 32.2. The number of aryl methyl sites for hydroxylation is 3. The lowest BCUT2D eigenvalue weighted by Crippen LogP contribution is -2.40. The second kappa shape index (κ2) is 9.45. The summed E-state index contributed by atoms with van der Waals surface area (Å²) in [6, 6.07) is 15.8. The lowest BCUT2D eigenvalue weighted by Gasteiger charge is -2.25. The molecule has 0 fully saturated rings. The number of benzene rings is 2. The number of rotatable bonds is 7. The Labute approximate surface area is 187 Å². The van der Waals surface area contributed by atoms with Crippen molar-refractivity contribution in [2.75, 3.05) is 10.8 Å². The molecule has 1 heterocycles. The van der Waals surface area contributed by atoms with Gasteiger partial charge in [0.25, 0.3) is 15.9 Å². The van der Waals surface area contributed by atoms with E-state index in [4.69, 9.17) is 0 Å². The van der Waals surface area contributed by atoms with Crippen LogP contribution < -0.4 is 9.73 Å². The van der Waals surface area contributed by atoms with Crippen LogP contribution in [0.1, 0.15) is 28.5 Å². The normalized spacial score (nSPS) is 11.9. The van der Waals surface area contributed by atoms with Crippen LogP contribution in [0.2, 0.25) is 0 Å². The Hall–Kier alpha value is -2.97. The van der Waals surface area contributed by atoms with Crippen molar-refractivity contribution in [1.82, 2.24) is 5.43 Å². The average molecular weight is 456 g/mol. The Bertz CT molecular complexity index is 1200. The third-order valence-corrected chi connectivity index (χ3v) is 7.50. The summed E-state index contributed by atoms with van der Waals surface area (Å²) in [5, 5.41) is 6.05. The summed E-state index contributed by atoms with van der Waals surface area (Å²) in [5.74, 6) is -0.522. The van der Waals surface area contributed by atoms with E-state index in [2.05, 4.69) is 10.5 Å². The molecule has 0 saturated heterocycles. The molecule has 0 bridgehead atoms. The molecule has 3 rings (SSSR count). The molecule has 1 N–H and O–H groups in total. The lowest BCUT2D eigenvalue weighted by atomic mass is 10.1. The van der Waals surface area contributed by atoms with Crippen LogP contribution in [0.4, 0.5) is 5.69 Å². The van der Waals surface area contributed by atoms with Gasteiger partial charge in [-0.3, -0.25) is 9.10 Å². The summed E-state index contributed by atoms with van der Waals surface area (Å²) in [6.45, 7) is 7.05. The lowest BCUT2D eigenvalue weighted by molar-refractivity contribution is -0.119. The minimum absolute atomic E-state index is 0.129. The molecule has 31 heavy (non-hydrogen) atoms. The summed E-state index contributed by atoms with van der Waals surface area (Å²) in [6.07, 6.45) is 0. The molecular formula is C23H25N3O3S2. The number of carbonyl (C=O) groups excluding carboxylic acids is 1. The number of hydrogen-bond donors (Lipinski definition) is 1. The van der Waals surface area contributed by atoms with Crippen molar-refractivity contribution in [2.24, 2.45) is 5.10 Å². The van der Waals surface area contributed by atoms with Crippen molar-refractivity contribution in [3.8, 4) is 0 Å². The number of amides is 1. The van der Waals surface area contributed by atoms with Crippen LogP contribution >= 0.6 is 11.3 Å². The van der Waals surface area contributed by atoms with Crippen molar-refractivity contribution in [1.29, 1.82) is 0 Å². The zero-order valence-corrected chi connectivity index (χ0v) is 19.5. The van der Waals surface area contributed by atoms with Gasteiger partial charge in [-0.05, 0) is 62.9 Å². The van der Waals surface area contributed by atoms with E-state index in [-0.39, 0.29) is 11.4 Å². The van der Waals surface area contributed by atoms with Gasteiger partial charge in [0, 0.05) is 4.88 Å². The van der Waals surface area contributed by atoms with Gasteiger partial charge in [-0.25, -0.2) is 13.8 Å². The van der Waals surface area contributed by atoms with E-state index in [0.29, 0.717) is 11.4 Å². The number of sulfonamides is 1. The fourth-order valence-electron chi connectivity index (χ4n) is 3.07. The zero-order valence-electron chi connectivity index (χ0n) is 17.9. The summed E-state index contributed by atoms with van der Waals surface area (Å²) in [7, 11) is -3.96. The van der Waals surface area contributed by atoms with E-state index in [0.717, 1.165) is 25.9 Å². The topological polar surface area (TPSA) is 78.8 Å². The maximum absolute atomic E-state index is 13.5. The minimum atomic E-state index is -3.96.